The lowest BCUT2D eigenvalue weighted by molar-refractivity contribution is -0.135. The molecular weight excluding hydrogens is 218 g/mol. The summed E-state index contributed by atoms with van der Waals surface area (Å²) in [7, 11) is 0. The molecular formula is C12H23N3O2. The zero-order valence-electron chi connectivity index (χ0n) is 10.6. The van der Waals surface area contributed by atoms with Crippen LogP contribution < -0.4 is 16.4 Å². The minimum absolute atomic E-state index is 0.00883. The van der Waals surface area contributed by atoms with Crippen molar-refractivity contribution < 1.29 is 9.59 Å². The van der Waals surface area contributed by atoms with E-state index in [9.17, 15) is 9.59 Å². The predicted octanol–water partition coefficient (Wildman–Crippen LogP) is 0.148. The summed E-state index contributed by atoms with van der Waals surface area (Å²) >= 11 is 0. The third-order valence-corrected chi connectivity index (χ3v) is 3.39. The van der Waals surface area contributed by atoms with Crippen molar-refractivity contribution in [2.45, 2.75) is 39.0 Å². The second-order valence-corrected chi connectivity index (χ2v) is 4.69. The van der Waals surface area contributed by atoms with Gasteiger partial charge in [-0.1, -0.05) is 13.3 Å². The van der Waals surface area contributed by atoms with Gasteiger partial charge in [-0.05, 0) is 19.3 Å². The van der Waals surface area contributed by atoms with Crippen LogP contribution >= 0.6 is 0 Å². The van der Waals surface area contributed by atoms with E-state index < -0.39 is 0 Å². The summed E-state index contributed by atoms with van der Waals surface area (Å²) in [5, 5.41) is 5.58. The molecule has 1 rings (SSSR count). The maximum absolute atomic E-state index is 11.9. The molecule has 0 saturated heterocycles. The van der Waals surface area contributed by atoms with Gasteiger partial charge in [0, 0.05) is 26.1 Å². The van der Waals surface area contributed by atoms with Crippen LogP contribution in [0.15, 0.2) is 0 Å². The second kappa shape index (κ2) is 6.59. The van der Waals surface area contributed by atoms with E-state index in [0.717, 1.165) is 25.7 Å². The van der Waals surface area contributed by atoms with Crippen molar-refractivity contribution in [3.63, 3.8) is 0 Å². The van der Waals surface area contributed by atoms with E-state index in [1.807, 2.05) is 6.92 Å². The number of hydrogen-bond donors (Lipinski definition) is 3. The molecule has 17 heavy (non-hydrogen) atoms. The highest BCUT2D eigenvalue weighted by molar-refractivity contribution is 5.84. The maximum Gasteiger partial charge on any atom is 0.227 e. The van der Waals surface area contributed by atoms with Gasteiger partial charge in [-0.25, -0.2) is 0 Å². The van der Waals surface area contributed by atoms with Crippen LogP contribution in [0, 0.1) is 5.41 Å². The van der Waals surface area contributed by atoms with Crippen molar-refractivity contribution in [2.75, 3.05) is 19.6 Å². The molecule has 0 heterocycles. The van der Waals surface area contributed by atoms with E-state index in [0.29, 0.717) is 26.1 Å². The molecule has 0 aromatic heterocycles. The van der Waals surface area contributed by atoms with Crippen molar-refractivity contribution in [3.8, 4) is 0 Å². The minimum atomic E-state index is -0.347. The number of nitrogens with two attached hydrogens (primary N) is 1. The lowest BCUT2D eigenvalue weighted by Crippen LogP contribution is -2.50. The summed E-state index contributed by atoms with van der Waals surface area (Å²) in [5.41, 5.74) is 5.28. The number of carbonyl (C=O) groups excluding carboxylic acids is 2. The van der Waals surface area contributed by atoms with Gasteiger partial charge in [-0.15, -0.1) is 0 Å². The highest BCUT2D eigenvalue weighted by Gasteiger charge is 2.42. The topological polar surface area (TPSA) is 84.2 Å². The molecule has 2 amide bonds. The molecule has 98 valence electrons. The Morgan fingerprint density at radius 2 is 1.94 bits per heavy atom. The minimum Gasteiger partial charge on any atom is -0.356 e. The molecule has 5 nitrogen and oxygen atoms in total. The van der Waals surface area contributed by atoms with Gasteiger partial charge in [0.25, 0.3) is 0 Å². The Morgan fingerprint density at radius 3 is 2.41 bits per heavy atom. The van der Waals surface area contributed by atoms with Gasteiger partial charge in [0.15, 0.2) is 0 Å². The fourth-order valence-electron chi connectivity index (χ4n) is 1.96. The fourth-order valence-corrected chi connectivity index (χ4v) is 1.96. The lowest BCUT2D eigenvalue weighted by atomic mass is 9.68. The maximum atomic E-state index is 11.9. The summed E-state index contributed by atoms with van der Waals surface area (Å²) in [6.45, 7) is 3.50. The van der Waals surface area contributed by atoms with Crippen LogP contribution in [0.3, 0.4) is 0 Å². The van der Waals surface area contributed by atoms with Crippen LogP contribution in [-0.2, 0) is 9.59 Å². The molecule has 0 unspecified atom stereocenters. The van der Waals surface area contributed by atoms with E-state index in [1.54, 1.807) is 0 Å². The Balaban J connectivity index is 2.18. The third-order valence-electron chi connectivity index (χ3n) is 3.39. The van der Waals surface area contributed by atoms with E-state index >= 15 is 0 Å². The van der Waals surface area contributed by atoms with Crippen LogP contribution in [-0.4, -0.2) is 31.4 Å². The molecule has 0 bridgehead atoms. The molecule has 0 aromatic rings. The fraction of sp³-hybridized carbons (Fsp3) is 0.833. The van der Waals surface area contributed by atoms with Gasteiger partial charge >= 0.3 is 0 Å². The van der Waals surface area contributed by atoms with Crippen molar-refractivity contribution >= 4 is 11.8 Å². The molecule has 1 aliphatic carbocycles. The van der Waals surface area contributed by atoms with Gasteiger partial charge in [0.05, 0.1) is 5.41 Å². The van der Waals surface area contributed by atoms with Gasteiger partial charge in [0.1, 0.15) is 0 Å². The highest BCUT2D eigenvalue weighted by atomic mass is 16.2. The Hall–Kier alpha value is -1.10. The van der Waals surface area contributed by atoms with E-state index in [4.69, 9.17) is 5.73 Å². The zero-order valence-corrected chi connectivity index (χ0v) is 10.6. The number of hydrogen-bond acceptors (Lipinski definition) is 3. The Bertz CT molecular complexity index is 269. The first-order valence-electron chi connectivity index (χ1n) is 6.39. The van der Waals surface area contributed by atoms with Crippen LogP contribution in [0.1, 0.15) is 39.0 Å². The molecule has 0 spiro atoms. The second-order valence-electron chi connectivity index (χ2n) is 4.69. The zero-order chi connectivity index (χ0) is 12.7. The Kier molecular flexibility index (Phi) is 5.41. The molecule has 0 radical (unpaired) electrons. The predicted molar refractivity (Wildman–Crippen MR) is 66.3 cm³/mol. The van der Waals surface area contributed by atoms with Crippen LogP contribution in [0.4, 0.5) is 0 Å². The monoisotopic (exact) mass is 241 g/mol. The van der Waals surface area contributed by atoms with Crippen molar-refractivity contribution in [2.24, 2.45) is 11.1 Å². The third kappa shape index (κ3) is 3.70. The van der Waals surface area contributed by atoms with Crippen LogP contribution in [0.25, 0.3) is 0 Å². The van der Waals surface area contributed by atoms with Crippen molar-refractivity contribution in [1.82, 2.24) is 10.6 Å². The molecule has 0 aromatic carbocycles. The first-order chi connectivity index (χ1) is 8.14. The molecule has 4 N–H and O–H groups in total. The molecule has 1 saturated carbocycles. The normalized spacial score (nSPS) is 17.1. The molecule has 0 aliphatic heterocycles. The first kappa shape index (κ1) is 14.0. The average molecular weight is 241 g/mol. The molecule has 1 aliphatic rings. The van der Waals surface area contributed by atoms with Crippen molar-refractivity contribution in [3.05, 3.63) is 0 Å². The average Bonchev–Trinajstić information content (AvgIpc) is 2.25. The SMILES string of the molecule is CCCNC(=O)CCNC(=O)C1(CN)CCC1. The Labute approximate surface area is 103 Å². The first-order valence-corrected chi connectivity index (χ1v) is 6.39. The summed E-state index contributed by atoms with van der Waals surface area (Å²) in [6, 6.07) is 0. The van der Waals surface area contributed by atoms with Crippen LogP contribution in [0.5, 0.6) is 0 Å². The van der Waals surface area contributed by atoms with Crippen LogP contribution in [0.2, 0.25) is 0 Å². The smallest absolute Gasteiger partial charge is 0.227 e. The van der Waals surface area contributed by atoms with Crippen molar-refractivity contribution in [1.29, 1.82) is 0 Å². The van der Waals surface area contributed by atoms with E-state index in [1.165, 1.54) is 0 Å². The number of rotatable bonds is 7. The quantitative estimate of drug-likeness (QED) is 0.593. The Morgan fingerprint density at radius 1 is 1.24 bits per heavy atom. The summed E-state index contributed by atoms with van der Waals surface area (Å²) < 4.78 is 0. The molecule has 1 fully saturated rings. The number of carbonyl (C=O) groups is 2. The number of amides is 2. The summed E-state index contributed by atoms with van der Waals surface area (Å²) in [4.78, 5) is 23.2. The largest absolute Gasteiger partial charge is 0.356 e. The van der Waals surface area contributed by atoms with Gasteiger partial charge in [-0.2, -0.15) is 0 Å². The van der Waals surface area contributed by atoms with Gasteiger partial charge in [0.2, 0.25) is 11.8 Å². The summed E-state index contributed by atoms with van der Waals surface area (Å²) in [5.74, 6) is -0.00269. The van der Waals surface area contributed by atoms with Gasteiger partial charge in [-0.3, -0.25) is 9.59 Å². The van der Waals surface area contributed by atoms with E-state index in [2.05, 4.69) is 10.6 Å². The van der Waals surface area contributed by atoms with Gasteiger partial charge < -0.3 is 16.4 Å². The summed E-state index contributed by atoms with van der Waals surface area (Å²) in [6.07, 6.45) is 4.08. The number of nitrogens with one attached hydrogen (secondary N) is 2. The lowest BCUT2D eigenvalue weighted by Gasteiger charge is -2.39. The molecule has 5 heteroatoms. The standard InChI is InChI=1S/C12H23N3O2/c1-2-7-14-10(16)4-8-15-11(17)12(9-13)5-3-6-12/h2-9,13H2,1H3,(H,14,16)(H,15,17). The van der Waals surface area contributed by atoms with E-state index in [-0.39, 0.29) is 17.2 Å². The molecule has 0 atom stereocenters. The highest BCUT2D eigenvalue weighted by Crippen LogP contribution is 2.39.